The van der Waals surface area contributed by atoms with Crippen LogP contribution in [0.2, 0.25) is 0 Å². The van der Waals surface area contributed by atoms with Gasteiger partial charge in [-0.3, -0.25) is 9.48 Å². The van der Waals surface area contributed by atoms with Crippen LogP contribution < -0.4 is 11.1 Å². The number of hydrogen-bond donors (Lipinski definition) is 2. The van der Waals surface area contributed by atoms with E-state index < -0.39 is 5.91 Å². The van der Waals surface area contributed by atoms with Crippen LogP contribution in [0, 0.1) is 0 Å². The van der Waals surface area contributed by atoms with Gasteiger partial charge in [-0.1, -0.05) is 5.16 Å². The molecule has 0 aliphatic carbocycles. The molecule has 1 saturated heterocycles. The van der Waals surface area contributed by atoms with Crippen molar-refractivity contribution < 1.29 is 13.7 Å². The van der Waals surface area contributed by atoms with Gasteiger partial charge in [-0.15, -0.1) is 0 Å². The highest BCUT2D eigenvalue weighted by Gasteiger charge is 2.27. The van der Waals surface area contributed by atoms with Crippen LogP contribution in [-0.4, -0.2) is 33.9 Å². The van der Waals surface area contributed by atoms with E-state index in [9.17, 15) is 4.79 Å². The first-order valence-electron chi connectivity index (χ1n) is 6.82. The van der Waals surface area contributed by atoms with Gasteiger partial charge in [0.1, 0.15) is 0 Å². The molecule has 3 N–H and O–H groups in total. The van der Waals surface area contributed by atoms with Gasteiger partial charge in [-0.2, -0.15) is 5.10 Å². The Labute approximate surface area is 124 Å². The maximum atomic E-state index is 11.6. The predicted octanol–water partition coefficient (Wildman–Crippen LogP) is 1.04. The summed E-state index contributed by atoms with van der Waals surface area (Å²) in [7, 11) is 0. The Balaban J connectivity index is 1.83. The number of aromatic nitrogens is 3. The van der Waals surface area contributed by atoms with E-state index in [2.05, 4.69) is 15.6 Å². The predicted molar refractivity (Wildman–Crippen MR) is 75.9 cm³/mol. The fourth-order valence-electron chi connectivity index (χ4n) is 2.43. The summed E-state index contributed by atoms with van der Waals surface area (Å²) in [5, 5.41) is 11.3. The molecule has 4 heterocycles. The van der Waals surface area contributed by atoms with E-state index in [4.69, 9.17) is 14.7 Å². The second-order valence-corrected chi connectivity index (χ2v) is 5.10. The van der Waals surface area contributed by atoms with E-state index in [1.54, 1.807) is 18.3 Å². The Morgan fingerprint density at radius 3 is 2.95 bits per heavy atom. The summed E-state index contributed by atoms with van der Waals surface area (Å²) >= 11 is 0. The Bertz CT molecular complexity index is 814. The van der Waals surface area contributed by atoms with E-state index in [1.807, 2.05) is 10.9 Å². The van der Waals surface area contributed by atoms with Crippen LogP contribution >= 0.6 is 0 Å². The smallest absolute Gasteiger partial charge is 0.271 e. The topological polar surface area (TPSA) is 112 Å². The lowest BCUT2D eigenvalue weighted by Crippen LogP contribution is -2.43. The summed E-state index contributed by atoms with van der Waals surface area (Å²) in [6.45, 7) is 1.75. The zero-order chi connectivity index (χ0) is 15.1. The maximum absolute atomic E-state index is 11.6. The highest BCUT2D eigenvalue weighted by molar-refractivity contribution is 6.00. The number of carbonyl (C=O) groups is 1. The standard InChI is InChI=1S/C14H13N5O3/c15-14(20)12-11(13(22-18-12)10-2-1-3-21-10)8-4-17-19(7-8)9-5-16-6-9/h1-4,7,9,16H,5-6H2,(H2,15,20). The van der Waals surface area contributed by atoms with E-state index >= 15 is 0 Å². The molecular formula is C14H13N5O3. The lowest BCUT2D eigenvalue weighted by Gasteiger charge is -2.27. The number of primary amides is 1. The van der Waals surface area contributed by atoms with Gasteiger partial charge in [0.25, 0.3) is 5.91 Å². The van der Waals surface area contributed by atoms with E-state index in [-0.39, 0.29) is 5.69 Å². The van der Waals surface area contributed by atoms with Crippen LogP contribution in [-0.2, 0) is 0 Å². The van der Waals surface area contributed by atoms with Crippen molar-refractivity contribution in [3.05, 3.63) is 36.5 Å². The first kappa shape index (κ1) is 12.8. The molecule has 0 unspecified atom stereocenters. The summed E-state index contributed by atoms with van der Waals surface area (Å²) in [5.41, 5.74) is 6.68. The molecule has 0 atom stereocenters. The SMILES string of the molecule is NC(=O)c1noc(-c2ccco2)c1-c1cnn(C2CNC2)c1. The highest BCUT2D eigenvalue weighted by Crippen LogP contribution is 2.35. The third kappa shape index (κ3) is 1.92. The Morgan fingerprint density at radius 2 is 2.32 bits per heavy atom. The van der Waals surface area contributed by atoms with E-state index in [1.165, 1.54) is 6.26 Å². The average molecular weight is 299 g/mol. The van der Waals surface area contributed by atoms with Gasteiger partial charge in [0.15, 0.2) is 11.5 Å². The normalized spacial score (nSPS) is 14.9. The summed E-state index contributed by atoms with van der Waals surface area (Å²) in [6, 6.07) is 3.78. The molecule has 4 rings (SSSR count). The van der Waals surface area contributed by atoms with Gasteiger partial charge in [0.2, 0.25) is 5.76 Å². The Kier molecular flexibility index (Phi) is 2.83. The van der Waals surface area contributed by atoms with Crippen LogP contribution in [0.5, 0.6) is 0 Å². The van der Waals surface area contributed by atoms with Gasteiger partial charge in [-0.25, -0.2) is 0 Å². The first-order chi connectivity index (χ1) is 10.7. The minimum atomic E-state index is -0.658. The molecule has 1 aliphatic heterocycles. The van der Waals surface area contributed by atoms with Crippen LogP contribution in [0.25, 0.3) is 22.6 Å². The minimum Gasteiger partial charge on any atom is -0.461 e. The number of carbonyl (C=O) groups excluding carboxylic acids is 1. The van der Waals surface area contributed by atoms with Crippen molar-refractivity contribution in [3.8, 4) is 22.6 Å². The summed E-state index contributed by atoms with van der Waals surface area (Å²) < 4.78 is 12.5. The maximum Gasteiger partial charge on any atom is 0.271 e. The number of nitrogens with two attached hydrogens (primary N) is 1. The number of furan rings is 1. The summed E-state index contributed by atoms with van der Waals surface area (Å²) in [5.74, 6) is 0.188. The van der Waals surface area contributed by atoms with Gasteiger partial charge in [0.05, 0.1) is 24.1 Å². The molecule has 112 valence electrons. The molecule has 0 bridgehead atoms. The van der Waals surface area contributed by atoms with Crippen molar-refractivity contribution in [1.29, 1.82) is 0 Å². The molecule has 3 aromatic rings. The van der Waals surface area contributed by atoms with E-state index in [0.717, 1.165) is 13.1 Å². The van der Waals surface area contributed by atoms with Crippen LogP contribution in [0.1, 0.15) is 16.5 Å². The summed E-state index contributed by atoms with van der Waals surface area (Å²) in [6.07, 6.45) is 5.05. The molecule has 0 saturated carbocycles. The monoisotopic (exact) mass is 299 g/mol. The number of amides is 1. The zero-order valence-electron chi connectivity index (χ0n) is 11.5. The molecule has 0 spiro atoms. The fourth-order valence-corrected chi connectivity index (χ4v) is 2.43. The highest BCUT2D eigenvalue weighted by atomic mass is 16.5. The lowest BCUT2D eigenvalue weighted by atomic mass is 10.1. The molecule has 1 fully saturated rings. The van der Waals surface area contributed by atoms with Crippen molar-refractivity contribution in [3.63, 3.8) is 0 Å². The van der Waals surface area contributed by atoms with E-state index in [0.29, 0.717) is 28.7 Å². The quantitative estimate of drug-likeness (QED) is 0.744. The van der Waals surface area contributed by atoms with Gasteiger partial charge in [-0.05, 0) is 12.1 Å². The molecule has 0 aromatic carbocycles. The summed E-state index contributed by atoms with van der Waals surface area (Å²) in [4.78, 5) is 11.6. The third-order valence-corrected chi connectivity index (χ3v) is 3.69. The van der Waals surface area contributed by atoms with Crippen molar-refractivity contribution in [2.24, 2.45) is 5.73 Å². The number of hydrogen-bond acceptors (Lipinski definition) is 6. The largest absolute Gasteiger partial charge is 0.461 e. The Morgan fingerprint density at radius 1 is 1.45 bits per heavy atom. The van der Waals surface area contributed by atoms with Gasteiger partial charge in [0, 0.05) is 24.8 Å². The first-order valence-corrected chi connectivity index (χ1v) is 6.82. The van der Waals surface area contributed by atoms with Crippen LogP contribution in [0.3, 0.4) is 0 Å². The molecule has 1 aliphatic rings. The van der Waals surface area contributed by atoms with Crippen molar-refractivity contribution in [2.75, 3.05) is 13.1 Å². The fraction of sp³-hybridized carbons (Fsp3) is 0.214. The second-order valence-electron chi connectivity index (χ2n) is 5.10. The molecule has 8 nitrogen and oxygen atoms in total. The molecule has 8 heteroatoms. The minimum absolute atomic E-state index is 0.0673. The third-order valence-electron chi connectivity index (χ3n) is 3.69. The Hall–Kier alpha value is -2.87. The molecule has 22 heavy (non-hydrogen) atoms. The van der Waals surface area contributed by atoms with Crippen LogP contribution in [0.4, 0.5) is 0 Å². The van der Waals surface area contributed by atoms with Crippen molar-refractivity contribution in [1.82, 2.24) is 20.3 Å². The molecule has 1 amide bonds. The number of nitrogens with one attached hydrogen (secondary N) is 1. The zero-order valence-corrected chi connectivity index (χ0v) is 11.5. The number of rotatable bonds is 4. The second kappa shape index (κ2) is 4.85. The van der Waals surface area contributed by atoms with Crippen molar-refractivity contribution in [2.45, 2.75) is 6.04 Å². The molecular weight excluding hydrogens is 286 g/mol. The van der Waals surface area contributed by atoms with Gasteiger partial charge < -0.3 is 20.0 Å². The molecule has 3 aromatic heterocycles. The van der Waals surface area contributed by atoms with Crippen LogP contribution in [0.15, 0.2) is 39.7 Å². The van der Waals surface area contributed by atoms with Crippen molar-refractivity contribution >= 4 is 5.91 Å². The number of nitrogens with zero attached hydrogens (tertiary/aromatic N) is 3. The van der Waals surface area contributed by atoms with Gasteiger partial charge >= 0.3 is 0 Å². The average Bonchev–Trinajstić information content (AvgIpc) is 3.16. The lowest BCUT2D eigenvalue weighted by molar-refractivity contribution is 0.0992. The molecule has 0 radical (unpaired) electrons.